The lowest BCUT2D eigenvalue weighted by Crippen LogP contribution is -2.37. The molecule has 0 radical (unpaired) electrons. The molecular weight excluding hydrogens is 300 g/mol. The fraction of sp³-hybridized carbons (Fsp3) is 0.688. The van der Waals surface area contributed by atoms with Gasteiger partial charge in [0.2, 0.25) is 0 Å². The van der Waals surface area contributed by atoms with Crippen LogP contribution in [0.4, 0.5) is 0 Å². The molecule has 3 atom stereocenters. The van der Waals surface area contributed by atoms with E-state index in [-0.39, 0.29) is 0 Å². The molecule has 0 saturated carbocycles. The molecule has 0 spiro atoms. The topological polar surface area (TPSA) is 34.1 Å². The van der Waals surface area contributed by atoms with Crippen LogP contribution in [0.5, 0.6) is 5.75 Å². The van der Waals surface area contributed by atoms with E-state index in [1.807, 2.05) is 12.4 Å². The van der Waals surface area contributed by atoms with E-state index in [9.17, 15) is 0 Å². The molecule has 21 heavy (non-hydrogen) atoms. The quantitative estimate of drug-likeness (QED) is 0.825. The summed E-state index contributed by atoms with van der Waals surface area (Å²) in [6.07, 6.45) is 6.03. The van der Waals surface area contributed by atoms with Gasteiger partial charge in [-0.05, 0) is 31.5 Å². The summed E-state index contributed by atoms with van der Waals surface area (Å²) in [6.45, 7) is 5.17. The van der Waals surface area contributed by atoms with Gasteiger partial charge in [-0.25, -0.2) is 0 Å². The first-order valence-electron chi connectivity index (χ1n) is 7.78. The SMILES string of the molecule is CCCOc1cncc(C(NC)C2SCCSC2CC)c1. The third-order valence-corrected chi connectivity index (χ3v) is 7.05. The van der Waals surface area contributed by atoms with Crippen LogP contribution in [0, 0.1) is 0 Å². The van der Waals surface area contributed by atoms with Gasteiger partial charge in [0.15, 0.2) is 0 Å². The Balaban J connectivity index is 2.15. The van der Waals surface area contributed by atoms with E-state index in [4.69, 9.17) is 4.74 Å². The van der Waals surface area contributed by atoms with Gasteiger partial charge in [-0.3, -0.25) is 4.98 Å². The lowest BCUT2D eigenvalue weighted by molar-refractivity contribution is 0.315. The van der Waals surface area contributed by atoms with Gasteiger partial charge in [0.1, 0.15) is 5.75 Å². The van der Waals surface area contributed by atoms with Crippen molar-refractivity contribution in [2.75, 3.05) is 25.2 Å². The Hall–Kier alpha value is -0.390. The number of hydrogen-bond acceptors (Lipinski definition) is 5. The van der Waals surface area contributed by atoms with Crippen molar-refractivity contribution < 1.29 is 4.74 Å². The maximum Gasteiger partial charge on any atom is 0.137 e. The lowest BCUT2D eigenvalue weighted by Gasteiger charge is -2.36. The average Bonchev–Trinajstić information content (AvgIpc) is 2.54. The number of pyridine rings is 1. The molecule has 1 aromatic rings. The van der Waals surface area contributed by atoms with E-state index in [0.29, 0.717) is 16.5 Å². The van der Waals surface area contributed by atoms with Gasteiger partial charge in [0.05, 0.1) is 12.8 Å². The Morgan fingerprint density at radius 2 is 2.14 bits per heavy atom. The molecule has 1 aliphatic rings. The van der Waals surface area contributed by atoms with Crippen molar-refractivity contribution in [1.82, 2.24) is 10.3 Å². The van der Waals surface area contributed by atoms with Crippen molar-refractivity contribution in [3.63, 3.8) is 0 Å². The van der Waals surface area contributed by atoms with Crippen molar-refractivity contribution in [1.29, 1.82) is 0 Å². The number of ether oxygens (including phenoxy) is 1. The first-order chi connectivity index (χ1) is 10.3. The van der Waals surface area contributed by atoms with Crippen LogP contribution >= 0.6 is 23.5 Å². The Morgan fingerprint density at radius 3 is 2.86 bits per heavy atom. The van der Waals surface area contributed by atoms with E-state index >= 15 is 0 Å². The van der Waals surface area contributed by atoms with E-state index in [1.54, 1.807) is 0 Å². The Labute approximate surface area is 137 Å². The number of aromatic nitrogens is 1. The molecule has 2 rings (SSSR count). The molecular formula is C16H26N2OS2. The van der Waals surface area contributed by atoms with Crippen molar-refractivity contribution in [3.8, 4) is 5.75 Å². The second kappa shape index (κ2) is 8.91. The van der Waals surface area contributed by atoms with E-state index in [0.717, 1.165) is 18.8 Å². The van der Waals surface area contributed by atoms with Crippen LogP contribution in [0.2, 0.25) is 0 Å². The third kappa shape index (κ3) is 4.54. The highest BCUT2D eigenvalue weighted by atomic mass is 32.2. The van der Waals surface area contributed by atoms with Gasteiger partial charge in [0.25, 0.3) is 0 Å². The minimum absolute atomic E-state index is 0.338. The van der Waals surface area contributed by atoms with Crippen molar-refractivity contribution in [3.05, 3.63) is 24.0 Å². The number of hydrogen-bond donors (Lipinski definition) is 1. The molecule has 5 heteroatoms. The zero-order chi connectivity index (χ0) is 15.1. The third-order valence-electron chi connectivity index (χ3n) is 3.70. The summed E-state index contributed by atoms with van der Waals surface area (Å²) in [7, 11) is 2.05. The van der Waals surface area contributed by atoms with Crippen molar-refractivity contribution >= 4 is 23.5 Å². The molecule has 2 heterocycles. The van der Waals surface area contributed by atoms with E-state index < -0.39 is 0 Å². The fourth-order valence-corrected chi connectivity index (χ4v) is 5.96. The van der Waals surface area contributed by atoms with Gasteiger partial charge in [-0.1, -0.05) is 13.8 Å². The first-order valence-corrected chi connectivity index (χ1v) is 9.88. The zero-order valence-corrected chi connectivity index (χ0v) is 14.8. The zero-order valence-electron chi connectivity index (χ0n) is 13.2. The van der Waals surface area contributed by atoms with Crippen LogP contribution in [0.1, 0.15) is 38.3 Å². The monoisotopic (exact) mass is 326 g/mol. The second-order valence-corrected chi connectivity index (χ2v) is 7.85. The summed E-state index contributed by atoms with van der Waals surface area (Å²) < 4.78 is 5.73. The largest absolute Gasteiger partial charge is 0.492 e. The van der Waals surface area contributed by atoms with Crippen LogP contribution in [-0.4, -0.2) is 40.6 Å². The van der Waals surface area contributed by atoms with Crippen LogP contribution < -0.4 is 10.1 Å². The summed E-state index contributed by atoms with van der Waals surface area (Å²) in [4.78, 5) is 4.37. The molecule has 1 N–H and O–H groups in total. The predicted molar refractivity (Wildman–Crippen MR) is 94.6 cm³/mol. The predicted octanol–water partition coefficient (Wildman–Crippen LogP) is 3.76. The summed E-state index contributed by atoms with van der Waals surface area (Å²) in [5, 5.41) is 4.81. The lowest BCUT2D eigenvalue weighted by atomic mass is 10.0. The summed E-state index contributed by atoms with van der Waals surface area (Å²) >= 11 is 4.21. The maximum absolute atomic E-state index is 5.73. The molecule has 0 aromatic carbocycles. The van der Waals surface area contributed by atoms with Crippen molar-refractivity contribution in [2.24, 2.45) is 0 Å². The summed E-state index contributed by atoms with van der Waals surface area (Å²) in [6, 6.07) is 2.49. The Kier molecular flexibility index (Phi) is 7.20. The minimum atomic E-state index is 0.338. The van der Waals surface area contributed by atoms with Crippen LogP contribution in [0.3, 0.4) is 0 Å². The molecule has 0 aliphatic carbocycles. The van der Waals surface area contributed by atoms with Gasteiger partial charge in [-0.15, -0.1) is 0 Å². The molecule has 118 valence electrons. The highest BCUT2D eigenvalue weighted by Gasteiger charge is 2.32. The molecule has 1 saturated heterocycles. The highest BCUT2D eigenvalue weighted by molar-refractivity contribution is 8.07. The van der Waals surface area contributed by atoms with Gasteiger partial charge < -0.3 is 10.1 Å². The molecule has 1 aliphatic heterocycles. The number of nitrogens with zero attached hydrogens (tertiary/aromatic N) is 1. The first kappa shape index (κ1) is 17.0. The average molecular weight is 327 g/mol. The molecule has 0 amide bonds. The molecule has 3 unspecified atom stereocenters. The highest BCUT2D eigenvalue weighted by Crippen LogP contribution is 2.40. The minimum Gasteiger partial charge on any atom is -0.492 e. The van der Waals surface area contributed by atoms with Crippen LogP contribution in [0.15, 0.2) is 18.5 Å². The molecule has 1 fully saturated rings. The summed E-state index contributed by atoms with van der Waals surface area (Å²) in [5.41, 5.74) is 1.24. The molecule has 3 nitrogen and oxygen atoms in total. The number of nitrogens with one attached hydrogen (secondary N) is 1. The summed E-state index contributed by atoms with van der Waals surface area (Å²) in [5.74, 6) is 3.40. The molecule has 0 bridgehead atoms. The maximum atomic E-state index is 5.73. The van der Waals surface area contributed by atoms with Gasteiger partial charge in [-0.2, -0.15) is 23.5 Å². The fourth-order valence-electron chi connectivity index (χ4n) is 2.67. The van der Waals surface area contributed by atoms with Gasteiger partial charge >= 0.3 is 0 Å². The van der Waals surface area contributed by atoms with Crippen LogP contribution in [-0.2, 0) is 0 Å². The molecule has 1 aromatic heterocycles. The van der Waals surface area contributed by atoms with E-state index in [1.165, 1.54) is 23.5 Å². The normalized spacial score (nSPS) is 23.8. The smallest absolute Gasteiger partial charge is 0.137 e. The van der Waals surface area contributed by atoms with Crippen molar-refractivity contribution in [2.45, 2.75) is 43.2 Å². The standard InChI is InChI=1S/C16H26N2OS2/c1-4-6-19-13-9-12(10-18-11-13)15(17-3)16-14(5-2)20-7-8-21-16/h9-11,14-17H,4-8H2,1-3H3. The number of rotatable bonds is 7. The Morgan fingerprint density at radius 1 is 1.33 bits per heavy atom. The number of thioether (sulfide) groups is 2. The van der Waals surface area contributed by atoms with Gasteiger partial charge in [0, 0.05) is 34.2 Å². The van der Waals surface area contributed by atoms with Crippen LogP contribution in [0.25, 0.3) is 0 Å². The van der Waals surface area contributed by atoms with E-state index in [2.05, 4.69) is 60.8 Å². The second-order valence-electron chi connectivity index (χ2n) is 5.22. The Bertz CT molecular complexity index is 430.